The first kappa shape index (κ1) is 29.8. The molecule has 3 rings (SSSR count). The Bertz CT molecular complexity index is 1300. The lowest BCUT2D eigenvalue weighted by atomic mass is 9.72. The summed E-state index contributed by atoms with van der Waals surface area (Å²) in [6, 6.07) is 16.6. The number of carbonyl (C=O) groups excluding carboxylic acids is 3. The van der Waals surface area contributed by atoms with Gasteiger partial charge in [-0.2, -0.15) is 0 Å². The van der Waals surface area contributed by atoms with Gasteiger partial charge in [0.25, 0.3) is 0 Å². The van der Waals surface area contributed by atoms with E-state index in [2.05, 4.69) is 10.3 Å². The number of esters is 1. The maximum Gasteiger partial charge on any atom is 0.306 e. The Hall–Kier alpha value is -3.78. The molecule has 0 fully saturated rings. The molecule has 1 aromatic heterocycles. The quantitative estimate of drug-likeness (QED) is 0.312. The third kappa shape index (κ3) is 8.61. The lowest BCUT2D eigenvalue weighted by molar-refractivity contribution is -0.143. The van der Waals surface area contributed by atoms with Crippen LogP contribution < -0.4 is 10.2 Å². The van der Waals surface area contributed by atoms with Gasteiger partial charge in [0.2, 0.25) is 11.8 Å². The lowest BCUT2D eigenvalue weighted by Gasteiger charge is -2.34. The second-order valence-electron chi connectivity index (χ2n) is 11.5. The molecule has 0 saturated heterocycles. The highest BCUT2D eigenvalue weighted by atomic mass is 16.5. The molecule has 208 valence electrons. The van der Waals surface area contributed by atoms with Gasteiger partial charge >= 0.3 is 5.97 Å². The summed E-state index contributed by atoms with van der Waals surface area (Å²) in [5, 5.41) is 13.5. The Morgan fingerprint density at radius 3 is 2.28 bits per heavy atom. The number of hydrogen-bond acceptors (Lipinski definition) is 6. The van der Waals surface area contributed by atoms with Crippen LogP contribution in [0, 0.1) is 10.8 Å². The van der Waals surface area contributed by atoms with Crippen molar-refractivity contribution in [2.75, 3.05) is 30.5 Å². The SMILES string of the molecule is COC(=O)CC(C)(C)CC(C)(C)CC(=O)Nc1ccc(CC(=O)N(CCO)c2cccc3cccnc23)cc1. The summed E-state index contributed by atoms with van der Waals surface area (Å²) >= 11 is 0. The van der Waals surface area contributed by atoms with Gasteiger partial charge in [0.05, 0.1) is 37.8 Å². The highest BCUT2D eigenvalue weighted by Gasteiger charge is 2.32. The number of amides is 2. The van der Waals surface area contributed by atoms with Crippen LogP contribution in [0.25, 0.3) is 10.9 Å². The van der Waals surface area contributed by atoms with Crippen molar-refractivity contribution in [3.8, 4) is 0 Å². The molecule has 2 aromatic carbocycles. The molecule has 0 aliphatic heterocycles. The van der Waals surface area contributed by atoms with Crippen molar-refractivity contribution in [3.05, 3.63) is 66.4 Å². The summed E-state index contributed by atoms with van der Waals surface area (Å²) in [6.07, 6.45) is 3.10. The fraction of sp³-hybridized carbons (Fsp3) is 0.419. The number of methoxy groups -OCH3 is 1. The number of nitrogens with zero attached hydrogens (tertiary/aromatic N) is 2. The van der Waals surface area contributed by atoms with Crippen molar-refractivity contribution in [1.82, 2.24) is 4.98 Å². The lowest BCUT2D eigenvalue weighted by Crippen LogP contribution is -2.35. The van der Waals surface area contributed by atoms with Gasteiger partial charge in [-0.1, -0.05) is 58.0 Å². The normalized spacial score (nSPS) is 11.7. The van der Waals surface area contributed by atoms with Gasteiger partial charge < -0.3 is 20.1 Å². The number of aliphatic hydroxyl groups excluding tert-OH is 1. The zero-order chi connectivity index (χ0) is 28.6. The molecule has 0 spiro atoms. The zero-order valence-corrected chi connectivity index (χ0v) is 23.5. The minimum Gasteiger partial charge on any atom is -0.469 e. The molecule has 0 aliphatic rings. The van der Waals surface area contributed by atoms with E-state index >= 15 is 0 Å². The molecule has 39 heavy (non-hydrogen) atoms. The largest absolute Gasteiger partial charge is 0.469 e. The van der Waals surface area contributed by atoms with Crippen LogP contribution >= 0.6 is 0 Å². The molecule has 0 bridgehead atoms. The predicted octanol–water partition coefficient (Wildman–Crippen LogP) is 5.14. The van der Waals surface area contributed by atoms with Crippen LogP contribution in [0.3, 0.4) is 0 Å². The predicted molar refractivity (Wildman–Crippen MR) is 153 cm³/mol. The summed E-state index contributed by atoms with van der Waals surface area (Å²) in [4.78, 5) is 43.8. The number of hydrogen-bond donors (Lipinski definition) is 2. The fourth-order valence-corrected chi connectivity index (χ4v) is 5.28. The number of ether oxygens (including phenoxy) is 1. The summed E-state index contributed by atoms with van der Waals surface area (Å²) < 4.78 is 4.80. The number of para-hydroxylation sites is 1. The number of aromatic nitrogens is 1. The molecule has 0 aliphatic carbocycles. The number of fused-ring (bicyclic) bond motifs is 1. The van der Waals surface area contributed by atoms with Gasteiger partial charge in [0, 0.05) is 30.2 Å². The van der Waals surface area contributed by atoms with Crippen molar-refractivity contribution in [3.63, 3.8) is 0 Å². The Morgan fingerprint density at radius 2 is 1.62 bits per heavy atom. The number of nitrogens with one attached hydrogen (secondary N) is 1. The van der Waals surface area contributed by atoms with Gasteiger partial charge in [0.15, 0.2) is 0 Å². The number of aliphatic hydroxyl groups is 1. The number of pyridine rings is 1. The molecule has 0 saturated carbocycles. The van der Waals surface area contributed by atoms with E-state index in [0.29, 0.717) is 36.2 Å². The molecule has 0 radical (unpaired) electrons. The summed E-state index contributed by atoms with van der Waals surface area (Å²) in [7, 11) is 1.38. The minimum atomic E-state index is -0.319. The van der Waals surface area contributed by atoms with E-state index in [1.807, 2.05) is 70.2 Å². The summed E-state index contributed by atoms with van der Waals surface area (Å²) in [5.74, 6) is -0.530. The molecular weight excluding hydrogens is 494 g/mol. The van der Waals surface area contributed by atoms with E-state index in [4.69, 9.17) is 4.74 Å². The minimum absolute atomic E-state index is 0.115. The second kappa shape index (κ2) is 12.8. The molecule has 2 amide bonds. The highest BCUT2D eigenvalue weighted by Crippen LogP contribution is 2.38. The van der Waals surface area contributed by atoms with Crippen molar-refractivity contribution in [2.45, 2.75) is 53.4 Å². The van der Waals surface area contributed by atoms with E-state index in [0.717, 1.165) is 10.9 Å². The molecule has 8 heteroatoms. The van der Waals surface area contributed by atoms with Crippen LogP contribution in [-0.4, -0.2) is 48.1 Å². The fourth-order valence-electron chi connectivity index (χ4n) is 5.28. The topological polar surface area (TPSA) is 109 Å². The third-order valence-corrected chi connectivity index (χ3v) is 6.57. The molecule has 0 unspecified atom stereocenters. The molecule has 1 heterocycles. The Balaban J connectivity index is 1.62. The van der Waals surface area contributed by atoms with Crippen molar-refractivity contribution in [1.29, 1.82) is 0 Å². The molecule has 0 atom stereocenters. The van der Waals surface area contributed by atoms with Gasteiger partial charge in [-0.25, -0.2) is 0 Å². The average molecular weight is 534 g/mol. The van der Waals surface area contributed by atoms with Crippen LogP contribution in [0.2, 0.25) is 0 Å². The van der Waals surface area contributed by atoms with Gasteiger partial charge in [0.1, 0.15) is 0 Å². The van der Waals surface area contributed by atoms with Crippen molar-refractivity contribution >= 4 is 40.1 Å². The standard InChI is InChI=1S/C31H39N3O5/c1-30(2,21-31(3,4)20-28(38)39-5)19-26(36)33-24-13-11-22(12-14-24)18-27(37)34(16-17-35)25-10-6-8-23-9-7-15-32-29(23)25/h6-15,35H,16-21H2,1-5H3,(H,33,36). The van der Waals surface area contributed by atoms with Crippen LogP contribution in [0.5, 0.6) is 0 Å². The van der Waals surface area contributed by atoms with E-state index in [1.165, 1.54) is 7.11 Å². The van der Waals surface area contributed by atoms with Gasteiger partial charge in [-0.05, 0) is 47.1 Å². The van der Waals surface area contributed by atoms with Gasteiger partial charge in [-0.15, -0.1) is 0 Å². The Kier molecular flexibility index (Phi) is 9.81. The first-order valence-electron chi connectivity index (χ1n) is 13.1. The second-order valence-corrected chi connectivity index (χ2v) is 11.5. The van der Waals surface area contributed by atoms with E-state index in [-0.39, 0.29) is 48.2 Å². The van der Waals surface area contributed by atoms with Gasteiger partial charge in [-0.3, -0.25) is 19.4 Å². The van der Waals surface area contributed by atoms with Crippen molar-refractivity contribution in [2.24, 2.45) is 10.8 Å². The zero-order valence-electron chi connectivity index (χ0n) is 23.5. The van der Waals surface area contributed by atoms with E-state index in [9.17, 15) is 19.5 Å². The summed E-state index contributed by atoms with van der Waals surface area (Å²) in [6.45, 7) is 8.03. The first-order chi connectivity index (χ1) is 18.4. The number of carbonyl (C=O) groups is 3. The first-order valence-corrected chi connectivity index (χ1v) is 13.1. The number of benzene rings is 2. The van der Waals surface area contributed by atoms with Crippen LogP contribution in [0.15, 0.2) is 60.8 Å². The third-order valence-electron chi connectivity index (χ3n) is 6.57. The highest BCUT2D eigenvalue weighted by molar-refractivity contribution is 6.02. The number of anilines is 2. The molecule has 3 aromatic rings. The van der Waals surface area contributed by atoms with E-state index in [1.54, 1.807) is 23.2 Å². The molecule has 2 N–H and O–H groups in total. The summed E-state index contributed by atoms with van der Waals surface area (Å²) in [5.41, 5.74) is 2.19. The van der Waals surface area contributed by atoms with Crippen molar-refractivity contribution < 1.29 is 24.2 Å². The maximum atomic E-state index is 13.3. The molecule has 8 nitrogen and oxygen atoms in total. The Labute approximate surface area is 230 Å². The van der Waals surface area contributed by atoms with Crippen LogP contribution in [-0.2, 0) is 25.5 Å². The monoisotopic (exact) mass is 533 g/mol. The maximum absolute atomic E-state index is 13.3. The number of rotatable bonds is 12. The van der Waals surface area contributed by atoms with E-state index < -0.39 is 0 Å². The molecular formula is C31H39N3O5. The van der Waals surface area contributed by atoms with Crippen LogP contribution in [0.4, 0.5) is 11.4 Å². The average Bonchev–Trinajstić information content (AvgIpc) is 2.86. The van der Waals surface area contributed by atoms with Crippen LogP contribution in [0.1, 0.15) is 52.5 Å². The smallest absolute Gasteiger partial charge is 0.306 e. The Morgan fingerprint density at radius 1 is 0.949 bits per heavy atom.